The molecule has 1 rings (SSSR count). The number of nitrogens with one attached hydrogen (secondary N) is 1. The SMILES string of the molecule is CCNC(CCSC)c1sccc1Br. The fourth-order valence-electron chi connectivity index (χ4n) is 1.36. The van der Waals surface area contributed by atoms with Crippen LogP contribution < -0.4 is 5.32 Å². The van der Waals surface area contributed by atoms with E-state index in [1.54, 1.807) is 0 Å². The highest BCUT2D eigenvalue weighted by atomic mass is 79.9. The first-order chi connectivity index (χ1) is 6.79. The predicted octanol–water partition coefficient (Wildman–Crippen LogP) is 3.91. The van der Waals surface area contributed by atoms with E-state index >= 15 is 0 Å². The summed E-state index contributed by atoms with van der Waals surface area (Å²) in [5.41, 5.74) is 0. The first-order valence-electron chi connectivity index (χ1n) is 4.74. The van der Waals surface area contributed by atoms with Gasteiger partial charge in [0, 0.05) is 15.4 Å². The molecule has 1 aromatic rings. The molecule has 1 atom stereocenters. The van der Waals surface area contributed by atoms with Gasteiger partial charge in [0.05, 0.1) is 0 Å². The van der Waals surface area contributed by atoms with Gasteiger partial charge in [0.25, 0.3) is 0 Å². The van der Waals surface area contributed by atoms with Crippen molar-refractivity contribution in [2.75, 3.05) is 18.6 Å². The molecule has 80 valence electrons. The largest absolute Gasteiger partial charge is 0.309 e. The standard InChI is InChI=1S/C10H16BrNS2/c1-3-12-9(5-6-13-2)10-8(11)4-7-14-10/h4,7,9,12H,3,5-6H2,1-2H3. The Bertz CT molecular complexity index is 262. The van der Waals surface area contributed by atoms with E-state index < -0.39 is 0 Å². The lowest BCUT2D eigenvalue weighted by Crippen LogP contribution is -2.20. The van der Waals surface area contributed by atoms with Crippen LogP contribution in [0.4, 0.5) is 0 Å². The molecular formula is C10H16BrNS2. The topological polar surface area (TPSA) is 12.0 Å². The van der Waals surface area contributed by atoms with Gasteiger partial charge in [-0.05, 0) is 52.4 Å². The Morgan fingerprint density at radius 3 is 2.93 bits per heavy atom. The van der Waals surface area contributed by atoms with Crippen molar-refractivity contribution in [3.05, 3.63) is 20.8 Å². The van der Waals surface area contributed by atoms with Gasteiger partial charge in [0.15, 0.2) is 0 Å². The van der Waals surface area contributed by atoms with Crippen molar-refractivity contribution in [3.63, 3.8) is 0 Å². The van der Waals surface area contributed by atoms with Crippen molar-refractivity contribution in [1.29, 1.82) is 0 Å². The van der Waals surface area contributed by atoms with Crippen LogP contribution in [0.15, 0.2) is 15.9 Å². The zero-order chi connectivity index (χ0) is 10.4. The third-order valence-electron chi connectivity index (χ3n) is 2.02. The van der Waals surface area contributed by atoms with E-state index in [2.05, 4.69) is 45.9 Å². The summed E-state index contributed by atoms with van der Waals surface area (Å²) >= 11 is 7.33. The summed E-state index contributed by atoms with van der Waals surface area (Å²) < 4.78 is 1.24. The van der Waals surface area contributed by atoms with Crippen LogP contribution in [-0.2, 0) is 0 Å². The summed E-state index contributed by atoms with van der Waals surface area (Å²) in [6.07, 6.45) is 3.36. The molecule has 0 bridgehead atoms. The Kier molecular flexibility index (Phi) is 6.17. The van der Waals surface area contributed by atoms with Gasteiger partial charge in [0.2, 0.25) is 0 Å². The van der Waals surface area contributed by atoms with E-state index in [9.17, 15) is 0 Å². The summed E-state index contributed by atoms with van der Waals surface area (Å²) in [6.45, 7) is 3.19. The summed E-state index contributed by atoms with van der Waals surface area (Å²) in [4.78, 5) is 1.43. The van der Waals surface area contributed by atoms with Crippen LogP contribution in [0.2, 0.25) is 0 Å². The van der Waals surface area contributed by atoms with Gasteiger partial charge in [-0.15, -0.1) is 11.3 Å². The maximum Gasteiger partial charge on any atom is 0.0434 e. The number of hydrogen-bond donors (Lipinski definition) is 1. The molecule has 0 radical (unpaired) electrons. The molecule has 0 aliphatic carbocycles. The first kappa shape index (κ1) is 12.6. The minimum absolute atomic E-state index is 0.516. The van der Waals surface area contributed by atoms with Gasteiger partial charge in [0.1, 0.15) is 0 Å². The van der Waals surface area contributed by atoms with Crippen LogP contribution in [0.5, 0.6) is 0 Å². The minimum atomic E-state index is 0.516. The molecule has 0 aliphatic rings. The van der Waals surface area contributed by atoms with E-state index in [4.69, 9.17) is 0 Å². The molecule has 1 unspecified atom stereocenters. The molecule has 14 heavy (non-hydrogen) atoms. The summed E-state index contributed by atoms with van der Waals surface area (Å²) in [5.74, 6) is 1.21. The second-order valence-corrected chi connectivity index (χ2v) is 5.81. The highest BCUT2D eigenvalue weighted by Crippen LogP contribution is 2.31. The maximum absolute atomic E-state index is 3.59. The second kappa shape index (κ2) is 6.88. The van der Waals surface area contributed by atoms with Crippen molar-refractivity contribution in [2.45, 2.75) is 19.4 Å². The number of halogens is 1. The van der Waals surface area contributed by atoms with Gasteiger partial charge in [-0.25, -0.2) is 0 Å². The van der Waals surface area contributed by atoms with Crippen molar-refractivity contribution >= 4 is 39.0 Å². The predicted molar refractivity (Wildman–Crippen MR) is 71.4 cm³/mol. The fraction of sp³-hybridized carbons (Fsp3) is 0.600. The third kappa shape index (κ3) is 3.57. The molecule has 4 heteroatoms. The van der Waals surface area contributed by atoms with Crippen LogP contribution in [0.3, 0.4) is 0 Å². The Balaban J connectivity index is 2.62. The number of rotatable bonds is 6. The van der Waals surface area contributed by atoms with Crippen molar-refractivity contribution in [2.24, 2.45) is 0 Å². The number of thiophene rings is 1. The number of thioether (sulfide) groups is 1. The van der Waals surface area contributed by atoms with E-state index in [1.165, 1.54) is 21.5 Å². The van der Waals surface area contributed by atoms with Crippen molar-refractivity contribution in [3.8, 4) is 0 Å². The van der Waals surface area contributed by atoms with Gasteiger partial charge in [-0.3, -0.25) is 0 Å². The average molecular weight is 294 g/mol. The number of hydrogen-bond acceptors (Lipinski definition) is 3. The highest BCUT2D eigenvalue weighted by Gasteiger charge is 2.13. The van der Waals surface area contributed by atoms with E-state index in [-0.39, 0.29) is 0 Å². The zero-order valence-electron chi connectivity index (χ0n) is 8.55. The first-order valence-corrected chi connectivity index (χ1v) is 7.81. The van der Waals surface area contributed by atoms with Gasteiger partial charge >= 0.3 is 0 Å². The Morgan fingerprint density at radius 1 is 1.64 bits per heavy atom. The molecule has 0 amide bonds. The molecular weight excluding hydrogens is 278 g/mol. The molecule has 0 spiro atoms. The quantitative estimate of drug-likeness (QED) is 0.853. The van der Waals surface area contributed by atoms with Crippen LogP contribution in [0.25, 0.3) is 0 Å². The lowest BCUT2D eigenvalue weighted by Gasteiger charge is -2.16. The van der Waals surface area contributed by atoms with Gasteiger partial charge in [-0.2, -0.15) is 11.8 Å². The molecule has 0 aromatic carbocycles. The molecule has 0 saturated carbocycles. The van der Waals surface area contributed by atoms with Crippen molar-refractivity contribution in [1.82, 2.24) is 5.32 Å². The molecule has 0 saturated heterocycles. The smallest absolute Gasteiger partial charge is 0.0434 e. The molecule has 0 aliphatic heterocycles. The van der Waals surface area contributed by atoms with Crippen LogP contribution in [-0.4, -0.2) is 18.6 Å². The fourth-order valence-corrected chi connectivity index (χ4v) is 3.59. The van der Waals surface area contributed by atoms with Gasteiger partial charge in [-0.1, -0.05) is 6.92 Å². The van der Waals surface area contributed by atoms with Crippen LogP contribution >= 0.6 is 39.0 Å². The normalized spacial score (nSPS) is 13.1. The van der Waals surface area contributed by atoms with E-state index in [0.29, 0.717) is 6.04 Å². The average Bonchev–Trinajstić information content (AvgIpc) is 2.59. The Morgan fingerprint density at radius 2 is 2.43 bits per heavy atom. The summed E-state index contributed by atoms with van der Waals surface area (Å²) in [6, 6.07) is 2.64. The summed E-state index contributed by atoms with van der Waals surface area (Å²) in [7, 11) is 0. The second-order valence-electron chi connectivity index (χ2n) is 3.02. The zero-order valence-corrected chi connectivity index (χ0v) is 11.8. The Labute approximate surface area is 103 Å². The monoisotopic (exact) mass is 293 g/mol. The van der Waals surface area contributed by atoms with E-state index in [1.807, 2.05) is 23.1 Å². The molecule has 0 fully saturated rings. The minimum Gasteiger partial charge on any atom is -0.309 e. The Hall–Kier alpha value is 0.490. The lowest BCUT2D eigenvalue weighted by molar-refractivity contribution is 0.548. The van der Waals surface area contributed by atoms with Crippen LogP contribution in [0.1, 0.15) is 24.3 Å². The summed E-state index contributed by atoms with van der Waals surface area (Å²) in [5, 5.41) is 5.67. The molecule has 1 heterocycles. The van der Waals surface area contributed by atoms with Gasteiger partial charge < -0.3 is 5.32 Å². The third-order valence-corrected chi connectivity index (χ3v) is 4.65. The highest BCUT2D eigenvalue weighted by molar-refractivity contribution is 9.10. The molecule has 1 N–H and O–H groups in total. The lowest BCUT2D eigenvalue weighted by atomic mass is 10.2. The maximum atomic E-state index is 3.59. The molecule has 1 nitrogen and oxygen atoms in total. The van der Waals surface area contributed by atoms with Crippen LogP contribution in [0, 0.1) is 0 Å². The molecule has 1 aromatic heterocycles. The van der Waals surface area contributed by atoms with E-state index in [0.717, 1.165) is 6.54 Å². The van der Waals surface area contributed by atoms with Crippen molar-refractivity contribution < 1.29 is 0 Å².